The predicted molar refractivity (Wildman–Crippen MR) is 79.4 cm³/mol. The van der Waals surface area contributed by atoms with Crippen molar-refractivity contribution in [1.82, 2.24) is 0 Å². The number of halogens is 17. The summed E-state index contributed by atoms with van der Waals surface area (Å²) in [6.07, 6.45) is -7.90. The van der Waals surface area contributed by atoms with Crippen molar-refractivity contribution in [2.45, 2.75) is 47.6 Å². The Balaban J connectivity index is 3.88. The Labute approximate surface area is 188 Å². The third kappa shape index (κ3) is 4.24. The van der Waals surface area contributed by atoms with Crippen LogP contribution in [0.2, 0.25) is 0 Å². The van der Waals surface area contributed by atoms with Gasteiger partial charge >= 0.3 is 47.6 Å². The highest BCUT2D eigenvalue weighted by Crippen LogP contribution is 2.65. The molecule has 23 heteroatoms. The molecule has 0 saturated carbocycles. The number of hydrogen-bond donors (Lipinski definition) is 0. The Morgan fingerprint density at radius 1 is 0.459 bits per heavy atom. The number of hydrogen-bond acceptors (Lipinski definition) is 4. The van der Waals surface area contributed by atoms with Crippen molar-refractivity contribution in [2.75, 3.05) is 0 Å². The second-order valence-corrected chi connectivity index (χ2v) is 6.77. The van der Waals surface area contributed by atoms with Gasteiger partial charge in [-0.05, 0) is 0 Å². The third-order valence-electron chi connectivity index (χ3n) is 4.41. The second-order valence-electron chi connectivity index (χ2n) is 6.77. The van der Waals surface area contributed by atoms with E-state index in [0.717, 1.165) is 0 Å². The molecule has 0 spiro atoms. The first-order valence-corrected chi connectivity index (χ1v) is 8.12. The van der Waals surface area contributed by atoms with Gasteiger partial charge in [0.05, 0.1) is 15.9 Å². The lowest BCUT2D eigenvalue weighted by Crippen LogP contribution is -2.74. The van der Waals surface area contributed by atoms with E-state index in [1.54, 1.807) is 0 Å². The third-order valence-corrected chi connectivity index (χ3v) is 4.41. The maximum absolute atomic E-state index is 14.2. The van der Waals surface area contributed by atoms with Crippen molar-refractivity contribution in [3.8, 4) is 0 Å². The average Bonchev–Trinajstić information content (AvgIpc) is 2.71. The van der Waals surface area contributed by atoms with Crippen molar-refractivity contribution >= 4 is 11.4 Å². The zero-order valence-electron chi connectivity index (χ0n) is 16.2. The molecule has 0 aromatic heterocycles. The highest BCUT2D eigenvalue weighted by atomic mass is 19.4. The summed E-state index contributed by atoms with van der Waals surface area (Å²) < 4.78 is 226. The molecule has 0 fully saturated rings. The number of nitrogens with zero attached hydrogens (tertiary/aromatic N) is 2. The van der Waals surface area contributed by atoms with Crippen LogP contribution in [0, 0.1) is 20.2 Å². The summed E-state index contributed by atoms with van der Waals surface area (Å²) in [5.41, 5.74) is -7.03. The summed E-state index contributed by atoms with van der Waals surface area (Å²) in [5.74, 6) is -58.7. The van der Waals surface area contributed by atoms with Crippen LogP contribution in [0.3, 0.4) is 0 Å². The molecule has 1 rings (SSSR count). The van der Waals surface area contributed by atoms with Crippen LogP contribution < -0.4 is 0 Å². The normalized spacial score (nSPS) is 15.1. The molecule has 0 aliphatic rings. The molecule has 0 aliphatic carbocycles. The number of nitro benzene ring substituents is 2. The zero-order chi connectivity index (χ0) is 30.0. The fourth-order valence-corrected chi connectivity index (χ4v) is 2.33. The fourth-order valence-electron chi connectivity index (χ4n) is 2.33. The topological polar surface area (TPSA) is 86.3 Å². The molecule has 1 aromatic carbocycles. The van der Waals surface area contributed by atoms with Gasteiger partial charge in [-0.25, -0.2) is 0 Å². The highest BCUT2D eigenvalue weighted by Gasteiger charge is 2.95. The molecule has 212 valence electrons. The zero-order valence-corrected chi connectivity index (χ0v) is 16.2. The van der Waals surface area contributed by atoms with Gasteiger partial charge in [0, 0.05) is 17.7 Å². The summed E-state index contributed by atoms with van der Waals surface area (Å²) in [5, 5.41) is 21.2. The maximum Gasteiger partial charge on any atom is 0.460 e. The summed E-state index contributed by atoms with van der Waals surface area (Å²) in [7, 11) is 0. The predicted octanol–water partition coefficient (Wildman–Crippen LogP) is 6.97. The molecular weight excluding hydrogens is 583 g/mol. The van der Waals surface area contributed by atoms with E-state index >= 15 is 0 Å². The van der Waals surface area contributed by atoms with Crippen molar-refractivity contribution in [1.29, 1.82) is 0 Å². The lowest BCUT2D eigenvalue weighted by atomic mass is 9.87. The van der Waals surface area contributed by atoms with E-state index in [4.69, 9.17) is 0 Å². The van der Waals surface area contributed by atoms with Crippen molar-refractivity contribution < 1.29 is 84.5 Å². The van der Waals surface area contributed by atoms with E-state index in [1.807, 2.05) is 0 Å². The molecule has 0 radical (unpaired) electrons. The van der Waals surface area contributed by atoms with E-state index in [0.29, 0.717) is 0 Å². The Morgan fingerprint density at radius 2 is 0.730 bits per heavy atom. The molecule has 0 saturated heterocycles. The van der Waals surface area contributed by atoms with Gasteiger partial charge < -0.3 is 0 Å². The first-order chi connectivity index (χ1) is 16.0. The van der Waals surface area contributed by atoms with Gasteiger partial charge in [0.15, 0.2) is 0 Å². The maximum atomic E-state index is 14.2. The summed E-state index contributed by atoms with van der Waals surface area (Å²) >= 11 is 0. The standard InChI is InChI=1S/C14H3F17N2O4/c15-7(16,4-1-5(32(34)35)3-6(2-4)33(36)37)8(17,18)9(19,20)10(21,22)11(23,24)12(25,26)13(27,28)14(29,30)31/h1-3H. The van der Waals surface area contributed by atoms with Gasteiger partial charge in [0.25, 0.3) is 11.4 Å². The van der Waals surface area contributed by atoms with Crippen molar-refractivity contribution in [3.63, 3.8) is 0 Å². The van der Waals surface area contributed by atoms with Gasteiger partial charge in [0.1, 0.15) is 0 Å². The van der Waals surface area contributed by atoms with E-state index in [-0.39, 0.29) is 6.07 Å². The Hall–Kier alpha value is -3.17. The Bertz CT molecular complexity index is 1050. The number of rotatable bonds is 9. The molecule has 0 unspecified atom stereocenters. The van der Waals surface area contributed by atoms with Crippen LogP contribution in [0.5, 0.6) is 0 Å². The summed E-state index contributed by atoms with van der Waals surface area (Å²) in [6, 6.07) is -2.09. The Kier molecular flexibility index (Phi) is 7.26. The lowest BCUT2D eigenvalue weighted by Gasteiger charge is -2.42. The van der Waals surface area contributed by atoms with Gasteiger partial charge in [-0.2, -0.15) is 74.6 Å². The molecule has 0 amide bonds. The molecule has 0 heterocycles. The Morgan fingerprint density at radius 3 is 1.00 bits per heavy atom. The van der Waals surface area contributed by atoms with Crippen molar-refractivity contribution in [2.24, 2.45) is 0 Å². The quantitative estimate of drug-likeness (QED) is 0.178. The van der Waals surface area contributed by atoms with E-state index in [2.05, 4.69) is 0 Å². The SMILES string of the molecule is O=[N+]([O-])c1cc([N+](=O)[O-])cc(C(F)(F)C(F)(F)C(F)(F)C(F)(F)C(F)(F)C(F)(F)C(F)(F)C(F)(F)F)c1. The van der Waals surface area contributed by atoms with Crippen molar-refractivity contribution in [3.05, 3.63) is 44.0 Å². The van der Waals surface area contributed by atoms with E-state index < -0.39 is 86.6 Å². The summed E-state index contributed by atoms with van der Waals surface area (Å²) in [4.78, 5) is 17.5. The van der Waals surface area contributed by atoms with Crippen LogP contribution in [-0.2, 0) is 5.92 Å². The average molecular weight is 586 g/mol. The number of alkyl halides is 17. The minimum atomic E-state index is -8.85. The monoisotopic (exact) mass is 586 g/mol. The molecule has 6 nitrogen and oxygen atoms in total. The van der Waals surface area contributed by atoms with Gasteiger partial charge in [-0.3, -0.25) is 20.2 Å². The van der Waals surface area contributed by atoms with E-state index in [1.165, 1.54) is 0 Å². The van der Waals surface area contributed by atoms with Crippen LogP contribution in [0.15, 0.2) is 18.2 Å². The molecule has 0 bridgehead atoms. The molecule has 0 atom stereocenters. The minimum absolute atomic E-state index is 0.279. The van der Waals surface area contributed by atoms with Crippen LogP contribution >= 0.6 is 0 Å². The van der Waals surface area contributed by atoms with Crippen LogP contribution in [0.1, 0.15) is 5.56 Å². The summed E-state index contributed by atoms with van der Waals surface area (Å²) in [6.45, 7) is 0. The second kappa shape index (κ2) is 8.43. The molecule has 0 N–H and O–H groups in total. The number of non-ortho nitro benzene ring substituents is 2. The van der Waals surface area contributed by atoms with E-state index in [9.17, 15) is 94.9 Å². The first kappa shape index (κ1) is 31.9. The molecule has 37 heavy (non-hydrogen) atoms. The fraction of sp³-hybridized carbons (Fsp3) is 0.571. The molecular formula is C14H3F17N2O4. The van der Waals surface area contributed by atoms with Crippen LogP contribution in [0.4, 0.5) is 86.0 Å². The van der Waals surface area contributed by atoms with Gasteiger partial charge in [0.2, 0.25) is 0 Å². The minimum Gasteiger partial charge on any atom is -0.258 e. The lowest BCUT2D eigenvalue weighted by molar-refractivity contribution is -0.462. The molecule has 1 aromatic rings. The number of benzene rings is 1. The molecule has 0 aliphatic heterocycles. The van der Waals surface area contributed by atoms with Crippen LogP contribution in [0.25, 0.3) is 0 Å². The first-order valence-electron chi connectivity index (χ1n) is 8.12. The van der Waals surface area contributed by atoms with Gasteiger partial charge in [-0.1, -0.05) is 0 Å². The largest absolute Gasteiger partial charge is 0.460 e. The number of nitro groups is 2. The smallest absolute Gasteiger partial charge is 0.258 e. The highest BCUT2D eigenvalue weighted by molar-refractivity contribution is 5.48. The van der Waals surface area contributed by atoms with Gasteiger partial charge in [-0.15, -0.1) is 0 Å². The van der Waals surface area contributed by atoms with Crippen LogP contribution in [-0.4, -0.2) is 51.6 Å².